The van der Waals surface area contributed by atoms with Gasteiger partial charge in [-0.25, -0.2) is 17.7 Å². The first-order valence-electron chi connectivity index (χ1n) is 7.54. The van der Waals surface area contributed by atoms with Gasteiger partial charge in [0.2, 0.25) is 10.0 Å². The Morgan fingerprint density at radius 2 is 1.76 bits per heavy atom. The van der Waals surface area contributed by atoms with Crippen LogP contribution in [0.1, 0.15) is 25.7 Å². The largest absolute Gasteiger partial charge is 0.330 e. The maximum Gasteiger partial charge on any atom is 0.215 e. The van der Waals surface area contributed by atoms with E-state index in [4.69, 9.17) is 0 Å². The second kappa shape index (κ2) is 6.15. The van der Waals surface area contributed by atoms with Crippen LogP contribution in [0.5, 0.6) is 0 Å². The van der Waals surface area contributed by atoms with E-state index in [2.05, 4.69) is 4.98 Å². The summed E-state index contributed by atoms with van der Waals surface area (Å²) in [5, 5.41) is 0. The van der Waals surface area contributed by atoms with Crippen LogP contribution in [0.25, 0.3) is 11.0 Å². The molecule has 1 aliphatic rings. The van der Waals surface area contributed by atoms with E-state index in [1.165, 1.54) is 0 Å². The summed E-state index contributed by atoms with van der Waals surface area (Å²) in [6.45, 7) is 1.80. The molecule has 1 aromatic heterocycles. The van der Waals surface area contributed by atoms with E-state index >= 15 is 0 Å². The van der Waals surface area contributed by atoms with Crippen molar-refractivity contribution in [2.75, 3.05) is 18.8 Å². The van der Waals surface area contributed by atoms with Gasteiger partial charge in [0.15, 0.2) is 0 Å². The van der Waals surface area contributed by atoms with E-state index in [-0.39, 0.29) is 5.75 Å². The highest BCUT2D eigenvalue weighted by atomic mass is 32.2. The number of sulfonamides is 1. The quantitative estimate of drug-likeness (QED) is 0.870. The highest BCUT2D eigenvalue weighted by Gasteiger charge is 2.22. The van der Waals surface area contributed by atoms with E-state index in [0.717, 1.165) is 36.7 Å². The molecule has 6 heteroatoms. The fraction of sp³-hybridized carbons (Fsp3) is 0.533. The van der Waals surface area contributed by atoms with Crippen molar-refractivity contribution in [1.29, 1.82) is 0 Å². The fourth-order valence-electron chi connectivity index (χ4n) is 2.85. The molecule has 1 fully saturated rings. The van der Waals surface area contributed by atoms with Crippen LogP contribution in [-0.4, -0.2) is 41.1 Å². The van der Waals surface area contributed by atoms with Gasteiger partial charge < -0.3 is 4.57 Å². The molecule has 0 aliphatic carbocycles. The van der Waals surface area contributed by atoms with Crippen molar-refractivity contribution < 1.29 is 8.42 Å². The van der Waals surface area contributed by atoms with E-state index in [0.29, 0.717) is 19.6 Å². The normalized spacial score (nSPS) is 17.9. The van der Waals surface area contributed by atoms with Crippen molar-refractivity contribution in [3.05, 3.63) is 30.6 Å². The van der Waals surface area contributed by atoms with Gasteiger partial charge in [0, 0.05) is 19.6 Å². The average Bonchev–Trinajstić information content (AvgIpc) is 2.70. The molecule has 21 heavy (non-hydrogen) atoms. The first kappa shape index (κ1) is 14.5. The fourth-order valence-corrected chi connectivity index (χ4v) is 4.35. The van der Waals surface area contributed by atoms with E-state index in [9.17, 15) is 8.42 Å². The third kappa shape index (κ3) is 3.27. The maximum atomic E-state index is 12.5. The molecule has 2 heterocycles. The Morgan fingerprint density at radius 3 is 2.52 bits per heavy atom. The zero-order valence-electron chi connectivity index (χ0n) is 12.1. The van der Waals surface area contributed by atoms with Gasteiger partial charge in [0.1, 0.15) is 0 Å². The van der Waals surface area contributed by atoms with E-state index in [1.54, 1.807) is 10.6 Å². The minimum atomic E-state index is -3.17. The Hall–Kier alpha value is -1.40. The minimum Gasteiger partial charge on any atom is -0.330 e. The van der Waals surface area contributed by atoms with Crippen molar-refractivity contribution in [3.63, 3.8) is 0 Å². The standard InChI is InChI=1S/C15H21N3O2S/c19-21(20,18-9-5-1-2-6-10-18)12-11-17-13-16-14-7-3-4-8-15(14)17/h3-4,7-8,13H,1-2,5-6,9-12H2. The number of benzene rings is 1. The van der Waals surface area contributed by atoms with E-state index < -0.39 is 10.0 Å². The van der Waals surface area contributed by atoms with Crippen molar-refractivity contribution in [3.8, 4) is 0 Å². The first-order valence-corrected chi connectivity index (χ1v) is 9.15. The smallest absolute Gasteiger partial charge is 0.215 e. The van der Waals surface area contributed by atoms with Gasteiger partial charge in [0.25, 0.3) is 0 Å². The predicted molar refractivity (Wildman–Crippen MR) is 83.6 cm³/mol. The van der Waals surface area contributed by atoms with Gasteiger partial charge in [-0.2, -0.15) is 0 Å². The Bertz CT molecular complexity index is 701. The summed E-state index contributed by atoms with van der Waals surface area (Å²) in [5.41, 5.74) is 1.90. The van der Waals surface area contributed by atoms with Crippen LogP contribution in [0.4, 0.5) is 0 Å². The Morgan fingerprint density at radius 1 is 1.05 bits per heavy atom. The van der Waals surface area contributed by atoms with Crippen LogP contribution in [0.15, 0.2) is 30.6 Å². The molecule has 0 amide bonds. The van der Waals surface area contributed by atoms with Gasteiger partial charge in [-0.05, 0) is 25.0 Å². The molecule has 1 aliphatic heterocycles. The van der Waals surface area contributed by atoms with Crippen LogP contribution in [-0.2, 0) is 16.6 Å². The van der Waals surface area contributed by atoms with Crippen molar-refractivity contribution in [1.82, 2.24) is 13.9 Å². The molecule has 1 saturated heterocycles. The molecule has 0 radical (unpaired) electrons. The van der Waals surface area contributed by atoms with Gasteiger partial charge >= 0.3 is 0 Å². The first-order chi connectivity index (χ1) is 10.2. The molecule has 5 nitrogen and oxygen atoms in total. The van der Waals surface area contributed by atoms with Gasteiger partial charge in [-0.1, -0.05) is 25.0 Å². The molecule has 0 saturated carbocycles. The lowest BCUT2D eigenvalue weighted by Crippen LogP contribution is -2.34. The summed E-state index contributed by atoms with van der Waals surface area (Å²) >= 11 is 0. The van der Waals surface area contributed by atoms with Crippen LogP contribution in [0, 0.1) is 0 Å². The Labute approximate surface area is 125 Å². The predicted octanol–water partition coefficient (Wildman–Crippen LogP) is 2.24. The lowest BCUT2D eigenvalue weighted by Gasteiger charge is -2.20. The van der Waals surface area contributed by atoms with Crippen molar-refractivity contribution in [2.24, 2.45) is 0 Å². The number of hydrogen-bond donors (Lipinski definition) is 0. The number of para-hydroxylation sites is 2. The van der Waals surface area contributed by atoms with Crippen LogP contribution in [0.3, 0.4) is 0 Å². The minimum absolute atomic E-state index is 0.146. The number of rotatable bonds is 4. The summed E-state index contributed by atoms with van der Waals surface area (Å²) in [6.07, 6.45) is 5.96. The number of fused-ring (bicyclic) bond motifs is 1. The molecule has 3 rings (SSSR count). The third-order valence-corrected chi connectivity index (χ3v) is 5.93. The highest BCUT2D eigenvalue weighted by Crippen LogP contribution is 2.15. The lowest BCUT2D eigenvalue weighted by atomic mass is 10.2. The molecular formula is C15H21N3O2S. The zero-order chi connectivity index (χ0) is 14.7. The molecule has 0 unspecified atom stereocenters. The zero-order valence-corrected chi connectivity index (χ0v) is 12.9. The number of nitrogens with zero attached hydrogens (tertiary/aromatic N) is 3. The summed E-state index contributed by atoms with van der Waals surface area (Å²) < 4.78 is 28.5. The van der Waals surface area contributed by atoms with Gasteiger partial charge in [-0.15, -0.1) is 0 Å². The second-order valence-electron chi connectivity index (χ2n) is 5.56. The van der Waals surface area contributed by atoms with Gasteiger partial charge in [0.05, 0.1) is 23.1 Å². The molecule has 0 spiro atoms. The summed E-state index contributed by atoms with van der Waals surface area (Å²) in [6, 6.07) is 7.80. The average molecular weight is 307 g/mol. The maximum absolute atomic E-state index is 12.5. The van der Waals surface area contributed by atoms with Gasteiger partial charge in [-0.3, -0.25) is 0 Å². The number of imidazole rings is 1. The summed E-state index contributed by atoms with van der Waals surface area (Å²) in [4.78, 5) is 4.30. The number of hydrogen-bond acceptors (Lipinski definition) is 3. The number of aryl methyl sites for hydroxylation is 1. The van der Waals surface area contributed by atoms with E-state index in [1.807, 2.05) is 28.8 Å². The molecule has 1 aromatic carbocycles. The van der Waals surface area contributed by atoms with Crippen molar-refractivity contribution in [2.45, 2.75) is 32.2 Å². The monoisotopic (exact) mass is 307 g/mol. The molecule has 0 bridgehead atoms. The topological polar surface area (TPSA) is 55.2 Å². The Balaban J connectivity index is 1.71. The molecule has 0 atom stereocenters. The molecule has 0 N–H and O–H groups in total. The van der Waals surface area contributed by atoms with Crippen LogP contribution >= 0.6 is 0 Å². The third-order valence-electron chi connectivity index (χ3n) is 4.08. The molecule has 114 valence electrons. The van der Waals surface area contributed by atoms with Crippen molar-refractivity contribution >= 4 is 21.1 Å². The SMILES string of the molecule is O=S(=O)(CCn1cnc2ccccc21)N1CCCCCC1. The second-order valence-corrected chi connectivity index (χ2v) is 7.64. The summed E-state index contributed by atoms with van der Waals surface area (Å²) in [7, 11) is -3.17. The lowest BCUT2D eigenvalue weighted by molar-refractivity contribution is 0.422. The molecular weight excluding hydrogens is 286 g/mol. The van der Waals surface area contributed by atoms with Crippen LogP contribution in [0.2, 0.25) is 0 Å². The van der Waals surface area contributed by atoms with Crippen LogP contribution < -0.4 is 0 Å². The Kier molecular flexibility index (Phi) is 4.26. The highest BCUT2D eigenvalue weighted by molar-refractivity contribution is 7.89. The number of aromatic nitrogens is 2. The summed E-state index contributed by atoms with van der Waals surface area (Å²) in [5.74, 6) is 0.146. The molecule has 2 aromatic rings.